The maximum absolute atomic E-state index is 8.58. The summed E-state index contributed by atoms with van der Waals surface area (Å²) in [6.45, 7) is 9.77. The highest BCUT2D eigenvalue weighted by Gasteiger charge is 2.24. The minimum Gasteiger partial charge on any atom is -0.372 e. The molecule has 0 saturated carbocycles. The van der Waals surface area contributed by atoms with Crippen LogP contribution in [0.5, 0.6) is 0 Å². The molecule has 0 saturated heterocycles. The van der Waals surface area contributed by atoms with E-state index in [4.69, 9.17) is 15.6 Å². The molecule has 0 unspecified atom stereocenters. The van der Waals surface area contributed by atoms with Crippen LogP contribution in [0.15, 0.2) is 60.1 Å². The lowest BCUT2D eigenvalue weighted by atomic mass is 9.88. The van der Waals surface area contributed by atoms with Crippen molar-refractivity contribution in [1.29, 1.82) is 0 Å². The number of nitrogens with zero attached hydrogens (tertiary/aromatic N) is 2. The van der Waals surface area contributed by atoms with Crippen molar-refractivity contribution in [2.24, 2.45) is 11.5 Å². The molecule has 8 heteroatoms. The molecule has 0 radical (unpaired) electrons. The van der Waals surface area contributed by atoms with Crippen molar-refractivity contribution < 1.29 is 4.79 Å². The van der Waals surface area contributed by atoms with Gasteiger partial charge in [0.1, 0.15) is 0 Å². The summed E-state index contributed by atoms with van der Waals surface area (Å²) in [6, 6.07) is 15.4. The molecule has 4 rings (SSSR count). The van der Waals surface area contributed by atoms with Crippen LogP contribution in [-0.4, -0.2) is 29.3 Å². The van der Waals surface area contributed by atoms with Gasteiger partial charge in [-0.05, 0) is 93.0 Å². The Morgan fingerprint density at radius 1 is 1.18 bits per heavy atom. The number of aromatic nitrogens is 2. The second-order valence-electron chi connectivity index (χ2n) is 7.72. The summed E-state index contributed by atoms with van der Waals surface area (Å²) in [4.78, 5) is 9.77. The molecule has 0 aliphatic heterocycles. The summed E-state index contributed by atoms with van der Waals surface area (Å²) in [6.07, 6.45) is 4.06. The van der Waals surface area contributed by atoms with E-state index in [9.17, 15) is 0 Å². The normalized spacial score (nSPS) is 11.2. The number of nitrogens with two attached hydrogens (primary N) is 2. The molecule has 3 aromatic rings. The molecule has 1 aromatic heterocycles. The number of benzene rings is 2. The Morgan fingerprint density at radius 2 is 1.82 bits per heavy atom. The van der Waals surface area contributed by atoms with Gasteiger partial charge in [0, 0.05) is 21.7 Å². The summed E-state index contributed by atoms with van der Waals surface area (Å²) in [5.74, 6) is 0. The molecule has 1 heterocycles. The number of carbonyl (C=O) groups excluding carboxylic acids is 1. The number of aryl methyl sites for hydroxylation is 2. The van der Waals surface area contributed by atoms with Gasteiger partial charge in [-0.3, -0.25) is 9.52 Å². The summed E-state index contributed by atoms with van der Waals surface area (Å²) >= 11 is 1.61. The Kier molecular flexibility index (Phi) is 10.2. The molecule has 0 bridgehead atoms. The molecule has 0 atom stereocenters. The lowest BCUT2D eigenvalue weighted by Gasteiger charge is -2.20. The maximum atomic E-state index is 8.58. The SMILES string of the molecule is C=CNc1ccc2c(c1)-c1c(c(C)nn1-c1ccc(SNC)cc1)CC2.CC(C)N.NC=O. The Bertz CT molecular complexity index is 1060. The molecule has 7 nitrogen and oxygen atoms in total. The number of amides is 1. The van der Waals surface area contributed by atoms with Gasteiger partial charge >= 0.3 is 0 Å². The first-order valence-electron chi connectivity index (χ1n) is 10.8. The molecule has 1 aliphatic rings. The molecule has 0 spiro atoms. The summed E-state index contributed by atoms with van der Waals surface area (Å²) in [5, 5.41) is 8.07. The molecule has 0 fully saturated rings. The van der Waals surface area contributed by atoms with Gasteiger partial charge < -0.3 is 16.8 Å². The molecule has 6 N–H and O–H groups in total. The molecule has 1 amide bonds. The average Bonchev–Trinajstić information content (AvgIpc) is 3.12. The van der Waals surface area contributed by atoms with E-state index in [0.29, 0.717) is 6.04 Å². The van der Waals surface area contributed by atoms with Crippen molar-refractivity contribution in [3.8, 4) is 16.9 Å². The van der Waals surface area contributed by atoms with Crippen LogP contribution in [0.3, 0.4) is 0 Å². The summed E-state index contributed by atoms with van der Waals surface area (Å²) in [5.41, 5.74) is 17.7. The third kappa shape index (κ3) is 6.95. The number of carbonyl (C=O) groups is 1. The minimum atomic E-state index is 0.250. The van der Waals surface area contributed by atoms with Crippen LogP contribution in [0.4, 0.5) is 5.69 Å². The molecular formula is C25H34N6OS. The zero-order chi connectivity index (χ0) is 24.4. The molecule has 1 aliphatic carbocycles. The van der Waals surface area contributed by atoms with E-state index in [-0.39, 0.29) is 6.41 Å². The van der Waals surface area contributed by atoms with E-state index in [1.165, 1.54) is 27.3 Å². The molecule has 176 valence electrons. The third-order valence-corrected chi connectivity index (χ3v) is 5.48. The second kappa shape index (κ2) is 12.8. The Morgan fingerprint density at radius 3 is 2.39 bits per heavy atom. The predicted molar refractivity (Wildman–Crippen MR) is 139 cm³/mol. The highest BCUT2D eigenvalue weighted by Crippen LogP contribution is 2.38. The summed E-state index contributed by atoms with van der Waals surface area (Å²) in [7, 11) is 1.93. The number of anilines is 1. The highest BCUT2D eigenvalue weighted by molar-refractivity contribution is 7.97. The maximum Gasteiger partial charge on any atom is 0.204 e. The minimum absolute atomic E-state index is 0.250. The first kappa shape index (κ1) is 26.2. The standard InChI is InChI=1S/C21H22N4S.C3H9N.CH3NO/c1-4-23-16-7-5-15-6-12-19-14(2)24-25(21(19)20(15)13-16)17-8-10-18(11-9-17)26-22-3;1-3(2)4;2-1-3/h4-5,7-11,13,22-23H,1,6,12H2,2-3H3;3H,4H2,1-2H3;1H,(H2,2,3). The number of rotatable bonds is 5. The number of hydrogen-bond acceptors (Lipinski definition) is 6. The van der Waals surface area contributed by atoms with Crippen LogP contribution in [0.1, 0.15) is 30.7 Å². The van der Waals surface area contributed by atoms with E-state index < -0.39 is 0 Å². The van der Waals surface area contributed by atoms with E-state index in [0.717, 1.165) is 29.9 Å². The van der Waals surface area contributed by atoms with Crippen molar-refractivity contribution in [3.05, 3.63) is 72.1 Å². The molecular weight excluding hydrogens is 432 g/mol. The molecule has 33 heavy (non-hydrogen) atoms. The fourth-order valence-corrected chi connectivity index (χ4v) is 4.09. The fraction of sp³-hybridized carbons (Fsp3) is 0.280. The van der Waals surface area contributed by atoms with Crippen LogP contribution in [0, 0.1) is 6.92 Å². The van der Waals surface area contributed by atoms with Crippen LogP contribution in [0.25, 0.3) is 16.9 Å². The highest BCUT2D eigenvalue weighted by atomic mass is 32.2. The Balaban J connectivity index is 0.000000489. The number of hydrogen-bond donors (Lipinski definition) is 4. The van der Waals surface area contributed by atoms with Crippen molar-refractivity contribution in [3.63, 3.8) is 0 Å². The van der Waals surface area contributed by atoms with E-state index >= 15 is 0 Å². The van der Waals surface area contributed by atoms with Gasteiger partial charge in [0.05, 0.1) is 17.1 Å². The van der Waals surface area contributed by atoms with Gasteiger partial charge in [-0.25, -0.2) is 4.68 Å². The zero-order valence-corrected chi connectivity index (χ0v) is 20.6. The van der Waals surface area contributed by atoms with Gasteiger partial charge in [0.2, 0.25) is 6.41 Å². The van der Waals surface area contributed by atoms with Crippen molar-refractivity contribution in [2.45, 2.75) is 44.6 Å². The van der Waals surface area contributed by atoms with E-state index in [1.54, 1.807) is 18.1 Å². The van der Waals surface area contributed by atoms with Crippen molar-refractivity contribution >= 4 is 24.0 Å². The second-order valence-corrected chi connectivity index (χ2v) is 8.81. The zero-order valence-electron chi connectivity index (χ0n) is 19.8. The van der Waals surface area contributed by atoms with Gasteiger partial charge in [-0.15, -0.1) is 0 Å². The van der Waals surface area contributed by atoms with E-state index in [2.05, 4.69) is 76.4 Å². The van der Waals surface area contributed by atoms with Crippen LogP contribution >= 0.6 is 11.9 Å². The van der Waals surface area contributed by atoms with Gasteiger partial charge in [0.25, 0.3) is 0 Å². The van der Waals surface area contributed by atoms with Crippen LogP contribution < -0.4 is 21.5 Å². The summed E-state index contributed by atoms with van der Waals surface area (Å²) < 4.78 is 5.20. The monoisotopic (exact) mass is 466 g/mol. The van der Waals surface area contributed by atoms with Gasteiger partial charge in [-0.2, -0.15) is 5.10 Å². The van der Waals surface area contributed by atoms with Crippen molar-refractivity contribution in [2.75, 3.05) is 12.4 Å². The average molecular weight is 467 g/mol. The molecule has 2 aromatic carbocycles. The van der Waals surface area contributed by atoms with Crippen LogP contribution in [-0.2, 0) is 17.6 Å². The van der Waals surface area contributed by atoms with Crippen LogP contribution in [0.2, 0.25) is 0 Å². The number of primary amides is 1. The quantitative estimate of drug-likeness (QED) is 0.332. The lowest BCUT2D eigenvalue weighted by molar-refractivity contribution is -0.106. The first-order chi connectivity index (χ1) is 15.9. The Hall–Kier alpha value is -3.07. The van der Waals surface area contributed by atoms with Crippen molar-refractivity contribution in [1.82, 2.24) is 14.5 Å². The Labute approximate surface area is 200 Å². The first-order valence-corrected chi connectivity index (χ1v) is 11.6. The smallest absolute Gasteiger partial charge is 0.204 e. The number of nitrogens with one attached hydrogen (secondary N) is 2. The lowest BCUT2D eigenvalue weighted by Crippen LogP contribution is -2.08. The largest absolute Gasteiger partial charge is 0.372 e. The van der Waals surface area contributed by atoms with E-state index in [1.807, 2.05) is 20.9 Å². The van der Waals surface area contributed by atoms with Gasteiger partial charge in [-0.1, -0.05) is 26.5 Å². The third-order valence-electron chi connectivity index (χ3n) is 4.76. The fourth-order valence-electron chi connectivity index (χ4n) is 3.58. The van der Waals surface area contributed by atoms with Gasteiger partial charge in [0.15, 0.2) is 0 Å². The number of fused-ring (bicyclic) bond motifs is 3. The topological polar surface area (TPSA) is 111 Å². The predicted octanol–water partition coefficient (Wildman–Crippen LogP) is 4.18.